The van der Waals surface area contributed by atoms with Crippen molar-refractivity contribution in [1.82, 2.24) is 5.16 Å². The summed E-state index contributed by atoms with van der Waals surface area (Å²) >= 11 is 0. The highest BCUT2D eigenvalue weighted by atomic mass is 16.7. The summed E-state index contributed by atoms with van der Waals surface area (Å²) in [5, 5.41) is 31.2. The molecule has 0 saturated heterocycles. The second-order valence-corrected chi connectivity index (χ2v) is 4.02. The molecule has 0 radical (unpaired) electrons. The molecule has 0 saturated carbocycles. The van der Waals surface area contributed by atoms with E-state index in [1.54, 1.807) is 6.07 Å². The number of ether oxygens (including phenoxy) is 2. The monoisotopic (exact) mass is 277 g/mol. The first-order valence-corrected chi connectivity index (χ1v) is 5.57. The van der Waals surface area contributed by atoms with Gasteiger partial charge in [0, 0.05) is 17.1 Å². The largest absolute Gasteiger partial charge is 0.493 e. The summed E-state index contributed by atoms with van der Waals surface area (Å²) in [6.07, 6.45) is 0. The molecule has 3 rings (SSSR count). The molecule has 9 heteroatoms. The molecule has 0 atom stereocenters. The van der Waals surface area contributed by atoms with Crippen LogP contribution in [0.1, 0.15) is 10.5 Å². The molecule has 0 spiro atoms. The van der Waals surface area contributed by atoms with Crippen LogP contribution in [0.4, 0.5) is 0 Å². The van der Waals surface area contributed by atoms with E-state index in [9.17, 15) is 14.8 Å². The van der Waals surface area contributed by atoms with Gasteiger partial charge in [-0.05, 0) is 12.1 Å². The molecule has 1 aromatic carbocycles. The van der Waals surface area contributed by atoms with Crippen molar-refractivity contribution in [3.8, 4) is 22.8 Å². The predicted octanol–water partition coefficient (Wildman–Crippen LogP) is -0.552. The number of aromatic nitrogens is 1. The van der Waals surface area contributed by atoms with Gasteiger partial charge in [-0.2, -0.15) is 0 Å². The Labute approximate surface area is 112 Å². The minimum atomic E-state index is -1.83. The average molecular weight is 277 g/mol. The number of hydrogen-bond donors (Lipinski definition) is 3. The lowest BCUT2D eigenvalue weighted by atomic mass is 9.75. The lowest BCUT2D eigenvalue weighted by molar-refractivity contribution is 0.0685. The summed E-state index contributed by atoms with van der Waals surface area (Å²) < 4.78 is 15.2. The summed E-state index contributed by atoms with van der Waals surface area (Å²) in [5.41, 5.74) is 0.0217. The van der Waals surface area contributed by atoms with Crippen molar-refractivity contribution in [3.05, 3.63) is 23.9 Å². The van der Waals surface area contributed by atoms with Crippen LogP contribution in [0.25, 0.3) is 11.3 Å². The zero-order valence-corrected chi connectivity index (χ0v) is 9.94. The first-order valence-electron chi connectivity index (χ1n) is 5.57. The fraction of sp³-hybridized carbons (Fsp3) is 0.0909. The summed E-state index contributed by atoms with van der Waals surface area (Å²) in [4.78, 5) is 10.8. The van der Waals surface area contributed by atoms with E-state index in [1.165, 1.54) is 12.1 Å². The molecule has 0 fully saturated rings. The molecule has 1 aliphatic heterocycles. The van der Waals surface area contributed by atoms with Crippen LogP contribution in [0, 0.1) is 0 Å². The highest BCUT2D eigenvalue weighted by molar-refractivity contribution is 6.61. The van der Waals surface area contributed by atoms with Gasteiger partial charge in [0.15, 0.2) is 23.0 Å². The van der Waals surface area contributed by atoms with E-state index in [2.05, 4.69) is 5.16 Å². The Kier molecular flexibility index (Phi) is 2.85. The molecule has 3 N–H and O–H groups in total. The SMILES string of the molecule is O=C(O)c1cc(-c2ccc3c(c2B(O)O)OCO3)on1. The van der Waals surface area contributed by atoms with Crippen molar-refractivity contribution in [1.29, 1.82) is 0 Å². The first-order chi connectivity index (χ1) is 9.58. The molecular weight excluding hydrogens is 269 g/mol. The molecule has 2 heterocycles. The van der Waals surface area contributed by atoms with E-state index < -0.39 is 13.1 Å². The Morgan fingerprint density at radius 2 is 2.10 bits per heavy atom. The summed E-state index contributed by atoms with van der Waals surface area (Å²) in [5.74, 6) is -0.601. The molecule has 0 bridgehead atoms. The van der Waals surface area contributed by atoms with Gasteiger partial charge in [-0.25, -0.2) is 4.79 Å². The van der Waals surface area contributed by atoms with Gasteiger partial charge < -0.3 is 29.2 Å². The summed E-state index contributed by atoms with van der Waals surface area (Å²) in [6.45, 7) is -0.0325. The van der Waals surface area contributed by atoms with Crippen LogP contribution in [0.2, 0.25) is 0 Å². The lowest BCUT2D eigenvalue weighted by Gasteiger charge is -2.09. The number of aromatic carboxylic acids is 1. The maximum absolute atomic E-state index is 10.8. The van der Waals surface area contributed by atoms with Crippen molar-refractivity contribution in [2.75, 3.05) is 6.79 Å². The zero-order chi connectivity index (χ0) is 14.3. The Hall–Kier alpha value is -2.52. The minimum absolute atomic E-state index is 0.0325. The molecular formula is C11H8BNO7. The van der Waals surface area contributed by atoms with Crippen LogP contribution in [-0.2, 0) is 0 Å². The second-order valence-electron chi connectivity index (χ2n) is 4.02. The number of hydrogen-bond acceptors (Lipinski definition) is 7. The fourth-order valence-corrected chi connectivity index (χ4v) is 1.97. The number of carboxylic acid groups (broad SMARTS) is 1. The molecule has 20 heavy (non-hydrogen) atoms. The summed E-state index contributed by atoms with van der Waals surface area (Å²) in [7, 11) is -1.83. The zero-order valence-electron chi connectivity index (χ0n) is 9.94. The van der Waals surface area contributed by atoms with Gasteiger partial charge >= 0.3 is 13.1 Å². The van der Waals surface area contributed by atoms with E-state index in [0.717, 1.165) is 0 Å². The Morgan fingerprint density at radius 1 is 1.30 bits per heavy atom. The molecule has 2 aromatic rings. The Morgan fingerprint density at radius 3 is 2.75 bits per heavy atom. The van der Waals surface area contributed by atoms with Crippen LogP contribution in [0.3, 0.4) is 0 Å². The highest BCUT2D eigenvalue weighted by Gasteiger charge is 2.30. The molecule has 1 aliphatic rings. The van der Waals surface area contributed by atoms with Crippen LogP contribution < -0.4 is 14.9 Å². The lowest BCUT2D eigenvalue weighted by Crippen LogP contribution is -2.32. The number of nitrogens with zero attached hydrogens (tertiary/aromatic N) is 1. The molecule has 0 aliphatic carbocycles. The maximum Gasteiger partial charge on any atom is 0.493 e. The summed E-state index contributed by atoms with van der Waals surface area (Å²) in [6, 6.07) is 4.26. The average Bonchev–Trinajstić information content (AvgIpc) is 3.05. The number of rotatable bonds is 3. The quantitative estimate of drug-likeness (QED) is 0.638. The van der Waals surface area contributed by atoms with E-state index >= 15 is 0 Å². The maximum atomic E-state index is 10.8. The minimum Gasteiger partial charge on any atom is -0.476 e. The van der Waals surface area contributed by atoms with E-state index in [0.29, 0.717) is 5.75 Å². The van der Waals surface area contributed by atoms with Crippen LogP contribution in [0.5, 0.6) is 11.5 Å². The first kappa shape index (κ1) is 12.5. The van der Waals surface area contributed by atoms with E-state index in [1.807, 2.05) is 0 Å². The smallest absolute Gasteiger partial charge is 0.476 e. The van der Waals surface area contributed by atoms with Gasteiger partial charge in [-0.1, -0.05) is 5.16 Å². The number of carboxylic acids is 1. The number of fused-ring (bicyclic) bond motifs is 1. The van der Waals surface area contributed by atoms with Crippen molar-refractivity contribution in [2.24, 2.45) is 0 Å². The van der Waals surface area contributed by atoms with Crippen molar-refractivity contribution >= 4 is 18.6 Å². The molecule has 0 unspecified atom stereocenters. The van der Waals surface area contributed by atoms with Gasteiger partial charge in [0.1, 0.15) is 0 Å². The normalized spacial score (nSPS) is 12.5. The third-order valence-corrected chi connectivity index (χ3v) is 2.83. The fourth-order valence-electron chi connectivity index (χ4n) is 1.97. The van der Waals surface area contributed by atoms with E-state index in [-0.39, 0.29) is 35.0 Å². The Bertz CT molecular complexity index is 681. The molecule has 102 valence electrons. The molecule has 0 amide bonds. The van der Waals surface area contributed by atoms with Gasteiger partial charge in [-0.15, -0.1) is 0 Å². The third kappa shape index (κ3) is 1.89. The van der Waals surface area contributed by atoms with Crippen molar-refractivity contribution in [3.63, 3.8) is 0 Å². The van der Waals surface area contributed by atoms with Crippen LogP contribution in [-0.4, -0.2) is 40.2 Å². The van der Waals surface area contributed by atoms with Crippen molar-refractivity contribution in [2.45, 2.75) is 0 Å². The van der Waals surface area contributed by atoms with Gasteiger partial charge in [-0.3, -0.25) is 0 Å². The van der Waals surface area contributed by atoms with Gasteiger partial charge in [0.2, 0.25) is 6.79 Å². The van der Waals surface area contributed by atoms with Crippen LogP contribution in [0.15, 0.2) is 22.7 Å². The molecule has 1 aromatic heterocycles. The number of carbonyl (C=O) groups is 1. The second kappa shape index (κ2) is 4.55. The van der Waals surface area contributed by atoms with Crippen molar-refractivity contribution < 1.29 is 33.9 Å². The topological polar surface area (TPSA) is 122 Å². The predicted molar refractivity (Wildman–Crippen MR) is 64.8 cm³/mol. The molecule has 8 nitrogen and oxygen atoms in total. The Balaban J connectivity index is 2.15. The van der Waals surface area contributed by atoms with Crippen LogP contribution >= 0.6 is 0 Å². The van der Waals surface area contributed by atoms with Gasteiger partial charge in [0.25, 0.3) is 0 Å². The highest BCUT2D eigenvalue weighted by Crippen LogP contribution is 2.34. The standard InChI is InChI=1S/C11H8BNO7/c14-11(15)6-3-8(20-13-6)5-1-2-7-10(19-4-18-7)9(5)12(16)17/h1-3,16-17H,4H2,(H,14,15). The third-order valence-electron chi connectivity index (χ3n) is 2.83. The number of benzene rings is 1. The van der Waals surface area contributed by atoms with Gasteiger partial charge in [0.05, 0.1) is 0 Å². The van der Waals surface area contributed by atoms with E-state index in [4.69, 9.17) is 19.1 Å².